The van der Waals surface area contributed by atoms with Crippen molar-refractivity contribution in [3.05, 3.63) is 43.6 Å². The third-order valence-corrected chi connectivity index (χ3v) is 5.81. The van der Waals surface area contributed by atoms with E-state index in [-0.39, 0.29) is 5.82 Å². The molecule has 2 saturated heterocycles. The van der Waals surface area contributed by atoms with Crippen LogP contribution in [0.1, 0.15) is 0 Å². The van der Waals surface area contributed by atoms with Crippen LogP contribution in [0.4, 0.5) is 23.0 Å². The van der Waals surface area contributed by atoms with Crippen molar-refractivity contribution in [2.24, 2.45) is 0 Å². The quantitative estimate of drug-likeness (QED) is 0.458. The summed E-state index contributed by atoms with van der Waals surface area (Å²) in [6.45, 7) is 6.31. The highest BCUT2D eigenvalue weighted by molar-refractivity contribution is 9.11. The number of hydrogen-bond donors (Lipinski definition) is 1. The van der Waals surface area contributed by atoms with Crippen molar-refractivity contribution >= 4 is 54.9 Å². The fraction of sp³-hybridized carbons (Fsp3) is 0.444. The van der Waals surface area contributed by atoms with Crippen molar-refractivity contribution in [3.63, 3.8) is 0 Å². The molecule has 2 aromatic rings. The fourth-order valence-corrected chi connectivity index (χ4v) is 3.80. The molecule has 0 saturated carbocycles. The lowest BCUT2D eigenvalue weighted by atomic mass is 10.3. The molecule has 2 fully saturated rings. The number of hydrogen-bond acceptors (Lipinski definition) is 9. The minimum atomic E-state index is -0.507. The van der Waals surface area contributed by atoms with Crippen molar-refractivity contribution in [2.45, 2.75) is 0 Å². The van der Waals surface area contributed by atoms with Crippen LogP contribution in [0.25, 0.3) is 0 Å². The van der Waals surface area contributed by atoms with E-state index in [2.05, 4.69) is 51.6 Å². The number of halogens is 2. The zero-order chi connectivity index (χ0) is 21.5. The summed E-state index contributed by atoms with van der Waals surface area (Å²) in [6.07, 6.45) is 3.32. The van der Waals surface area contributed by atoms with Crippen LogP contribution in [0, 0.1) is 10.1 Å². The third kappa shape index (κ3) is 6.00. The molecule has 0 amide bonds. The number of rotatable bonds is 3. The number of morpholine rings is 2. The largest absolute Gasteiger partial charge is 0.383 e. The molecule has 10 nitrogen and oxygen atoms in total. The normalized spacial score (nSPS) is 16.6. The Labute approximate surface area is 190 Å². The molecule has 0 atom stereocenters. The molecule has 2 aliphatic rings. The average Bonchev–Trinajstić information content (AvgIpc) is 2.77. The number of ether oxygens (including phenoxy) is 2. The number of nitrogens with two attached hydrogens (primary N) is 1. The summed E-state index contributed by atoms with van der Waals surface area (Å²) in [5, 5.41) is 10.6. The van der Waals surface area contributed by atoms with Gasteiger partial charge in [0.25, 0.3) is 0 Å². The SMILES string of the molecule is Nc1ncc(N2CCOCC2)cc1Br.O=[N+]([O-])c1ncc(N2CCOCC2)cc1Br. The standard InChI is InChI=1S/C9H10BrN3O3.C9H12BrN3O/c10-8-5-7(6-11-9(8)13(14)15)12-1-3-16-4-2-12;10-8-5-7(6-12-9(8)11)13-1-3-14-4-2-13/h5-6H,1-4H2;5-6H,1-4H2,(H2,11,12). The molecule has 0 unspecified atom stereocenters. The molecule has 2 aromatic heterocycles. The van der Waals surface area contributed by atoms with E-state index in [9.17, 15) is 10.1 Å². The van der Waals surface area contributed by atoms with Crippen LogP contribution in [0.2, 0.25) is 0 Å². The van der Waals surface area contributed by atoms with Gasteiger partial charge >= 0.3 is 5.82 Å². The maximum absolute atomic E-state index is 10.6. The zero-order valence-corrected chi connectivity index (χ0v) is 19.3. The Morgan fingerprint density at radius 2 is 1.37 bits per heavy atom. The monoisotopic (exact) mass is 544 g/mol. The maximum Gasteiger partial charge on any atom is 0.377 e. The molecule has 0 bridgehead atoms. The topological polar surface area (TPSA) is 120 Å². The van der Waals surface area contributed by atoms with Crippen LogP contribution >= 0.6 is 31.9 Å². The number of pyridine rings is 2. The van der Waals surface area contributed by atoms with Gasteiger partial charge in [-0.15, -0.1) is 0 Å². The first-order chi connectivity index (χ1) is 14.5. The summed E-state index contributed by atoms with van der Waals surface area (Å²) in [5.41, 5.74) is 7.58. The molecule has 162 valence electrons. The lowest BCUT2D eigenvalue weighted by molar-refractivity contribution is -0.390. The molecule has 4 heterocycles. The van der Waals surface area contributed by atoms with Crippen LogP contribution in [-0.4, -0.2) is 67.5 Å². The lowest BCUT2D eigenvalue weighted by Crippen LogP contribution is -2.36. The number of nitro groups is 1. The molecule has 2 N–H and O–H groups in total. The first kappa shape index (κ1) is 22.7. The second kappa shape index (κ2) is 10.8. The van der Waals surface area contributed by atoms with E-state index in [1.54, 1.807) is 12.3 Å². The van der Waals surface area contributed by atoms with Crippen molar-refractivity contribution in [1.29, 1.82) is 0 Å². The average molecular weight is 546 g/mol. The third-order valence-electron chi connectivity index (χ3n) is 4.59. The first-order valence-electron chi connectivity index (χ1n) is 9.32. The summed E-state index contributed by atoms with van der Waals surface area (Å²) in [6, 6.07) is 3.71. The van der Waals surface area contributed by atoms with Gasteiger partial charge in [0, 0.05) is 26.2 Å². The van der Waals surface area contributed by atoms with Gasteiger partial charge in [-0.05, 0) is 53.9 Å². The second-order valence-electron chi connectivity index (χ2n) is 6.52. The molecule has 0 radical (unpaired) electrons. The summed E-state index contributed by atoms with van der Waals surface area (Å²) >= 11 is 6.52. The highest BCUT2D eigenvalue weighted by Gasteiger charge is 2.18. The summed E-state index contributed by atoms with van der Waals surface area (Å²) < 4.78 is 11.8. The van der Waals surface area contributed by atoms with Crippen molar-refractivity contribution in [2.75, 3.05) is 68.1 Å². The Morgan fingerprint density at radius 3 is 1.80 bits per heavy atom. The Kier molecular flexibility index (Phi) is 8.19. The Hall–Kier alpha value is -2.02. The number of nitrogens with zero attached hydrogens (tertiary/aromatic N) is 5. The zero-order valence-electron chi connectivity index (χ0n) is 16.2. The van der Waals surface area contributed by atoms with Gasteiger partial charge in [-0.1, -0.05) is 0 Å². The van der Waals surface area contributed by atoms with E-state index >= 15 is 0 Å². The van der Waals surface area contributed by atoms with Crippen LogP contribution in [0.15, 0.2) is 33.5 Å². The predicted octanol–water partition coefficient (Wildman–Crippen LogP) is 2.85. The summed E-state index contributed by atoms with van der Waals surface area (Å²) in [5.74, 6) is 0.374. The highest BCUT2D eigenvalue weighted by Crippen LogP contribution is 2.27. The van der Waals surface area contributed by atoms with Crippen LogP contribution in [0.5, 0.6) is 0 Å². The van der Waals surface area contributed by atoms with Gasteiger partial charge in [-0.2, -0.15) is 0 Å². The van der Waals surface area contributed by atoms with Gasteiger partial charge in [0.1, 0.15) is 10.3 Å². The molecular formula is C18H22Br2N6O4. The number of aromatic nitrogens is 2. The fourth-order valence-electron chi connectivity index (χ4n) is 2.98. The Morgan fingerprint density at radius 1 is 0.900 bits per heavy atom. The van der Waals surface area contributed by atoms with Gasteiger partial charge in [-0.25, -0.2) is 4.98 Å². The molecule has 0 aliphatic carbocycles. The van der Waals surface area contributed by atoms with Gasteiger partial charge in [0.2, 0.25) is 0 Å². The van der Waals surface area contributed by atoms with Crippen LogP contribution < -0.4 is 15.5 Å². The summed E-state index contributed by atoms with van der Waals surface area (Å²) in [4.78, 5) is 22.3. The molecule has 0 spiro atoms. The van der Waals surface area contributed by atoms with E-state index in [4.69, 9.17) is 15.2 Å². The molecule has 4 rings (SSSR count). The Balaban J connectivity index is 0.000000172. The molecule has 2 aliphatic heterocycles. The van der Waals surface area contributed by atoms with Crippen molar-refractivity contribution < 1.29 is 14.4 Å². The Bertz CT molecular complexity index is 876. The van der Waals surface area contributed by atoms with Crippen LogP contribution in [-0.2, 0) is 9.47 Å². The highest BCUT2D eigenvalue weighted by atomic mass is 79.9. The first-order valence-corrected chi connectivity index (χ1v) is 10.9. The van der Waals surface area contributed by atoms with Gasteiger partial charge in [-0.3, -0.25) is 0 Å². The molecule has 0 aromatic carbocycles. The number of nitrogen functional groups attached to an aromatic ring is 1. The maximum atomic E-state index is 10.6. The second-order valence-corrected chi connectivity index (χ2v) is 8.22. The minimum Gasteiger partial charge on any atom is -0.383 e. The van der Waals surface area contributed by atoms with Gasteiger partial charge in [0.05, 0.1) is 48.5 Å². The van der Waals surface area contributed by atoms with Crippen molar-refractivity contribution in [1.82, 2.24) is 9.97 Å². The molecule has 30 heavy (non-hydrogen) atoms. The molecular weight excluding hydrogens is 524 g/mol. The van der Waals surface area contributed by atoms with Crippen LogP contribution in [0.3, 0.4) is 0 Å². The van der Waals surface area contributed by atoms with E-state index < -0.39 is 4.92 Å². The van der Waals surface area contributed by atoms with E-state index in [1.807, 2.05) is 6.07 Å². The minimum absolute atomic E-state index is 0.156. The van der Waals surface area contributed by atoms with E-state index in [0.29, 0.717) is 23.5 Å². The lowest BCUT2D eigenvalue weighted by Gasteiger charge is -2.28. The van der Waals surface area contributed by atoms with Crippen molar-refractivity contribution in [3.8, 4) is 0 Å². The van der Waals surface area contributed by atoms with E-state index in [0.717, 1.165) is 55.2 Å². The predicted molar refractivity (Wildman–Crippen MR) is 121 cm³/mol. The van der Waals surface area contributed by atoms with E-state index in [1.165, 1.54) is 6.20 Å². The smallest absolute Gasteiger partial charge is 0.377 e. The number of anilines is 3. The van der Waals surface area contributed by atoms with Gasteiger partial charge < -0.3 is 35.1 Å². The molecule has 12 heteroatoms. The summed E-state index contributed by atoms with van der Waals surface area (Å²) in [7, 11) is 0. The van der Waals surface area contributed by atoms with Gasteiger partial charge in [0.15, 0.2) is 6.20 Å².